The van der Waals surface area contributed by atoms with Crippen LogP contribution in [0, 0.1) is 0 Å². The molecule has 26 heavy (non-hydrogen) atoms. The SMILES string of the molecule is O=C(C=Cc1cccc2ccsc12)N1C(=O)OC[C@H]1Cc1ccccc1. The van der Waals surface area contributed by atoms with Crippen molar-refractivity contribution >= 4 is 39.5 Å². The highest BCUT2D eigenvalue weighted by Crippen LogP contribution is 2.26. The Balaban J connectivity index is 1.54. The van der Waals surface area contributed by atoms with Crippen LogP contribution in [-0.2, 0) is 16.0 Å². The zero-order valence-corrected chi connectivity index (χ0v) is 14.8. The summed E-state index contributed by atoms with van der Waals surface area (Å²) in [7, 11) is 0. The number of rotatable bonds is 4. The van der Waals surface area contributed by atoms with E-state index in [-0.39, 0.29) is 18.6 Å². The predicted molar refractivity (Wildman–Crippen MR) is 103 cm³/mol. The van der Waals surface area contributed by atoms with E-state index in [1.165, 1.54) is 11.0 Å². The lowest BCUT2D eigenvalue weighted by Crippen LogP contribution is -2.39. The summed E-state index contributed by atoms with van der Waals surface area (Å²) in [4.78, 5) is 25.9. The summed E-state index contributed by atoms with van der Waals surface area (Å²) in [6.07, 6.45) is 3.24. The molecule has 0 aliphatic carbocycles. The van der Waals surface area contributed by atoms with Crippen LogP contribution in [0.5, 0.6) is 0 Å². The number of ether oxygens (including phenoxy) is 1. The fourth-order valence-corrected chi connectivity index (χ4v) is 4.05. The number of hydrogen-bond donors (Lipinski definition) is 0. The highest BCUT2D eigenvalue weighted by atomic mass is 32.1. The Bertz CT molecular complexity index is 977. The highest BCUT2D eigenvalue weighted by Gasteiger charge is 2.36. The van der Waals surface area contributed by atoms with Gasteiger partial charge in [-0.15, -0.1) is 11.3 Å². The molecule has 0 spiro atoms. The number of hydrogen-bond acceptors (Lipinski definition) is 4. The van der Waals surface area contributed by atoms with E-state index in [1.54, 1.807) is 17.4 Å². The molecule has 1 aromatic heterocycles. The van der Waals surface area contributed by atoms with Crippen molar-refractivity contribution in [2.75, 3.05) is 6.61 Å². The Kier molecular flexibility index (Phi) is 4.54. The molecule has 4 nitrogen and oxygen atoms in total. The van der Waals surface area contributed by atoms with Crippen LogP contribution >= 0.6 is 11.3 Å². The van der Waals surface area contributed by atoms with Gasteiger partial charge in [0.1, 0.15) is 6.61 Å². The molecule has 130 valence electrons. The first kappa shape index (κ1) is 16.5. The molecule has 2 heterocycles. The second kappa shape index (κ2) is 7.14. The molecule has 0 radical (unpaired) electrons. The Labute approximate surface area is 155 Å². The van der Waals surface area contributed by atoms with Gasteiger partial charge in [0.05, 0.1) is 6.04 Å². The number of carbonyl (C=O) groups excluding carboxylic acids is 2. The first-order chi connectivity index (χ1) is 12.7. The molecule has 1 saturated heterocycles. The number of imide groups is 1. The number of amides is 2. The van der Waals surface area contributed by atoms with Gasteiger partial charge in [0.15, 0.2) is 0 Å². The smallest absolute Gasteiger partial charge is 0.417 e. The molecular weight excluding hydrogens is 346 g/mol. The Morgan fingerprint density at radius 1 is 1.15 bits per heavy atom. The lowest BCUT2D eigenvalue weighted by Gasteiger charge is -2.18. The third-order valence-corrected chi connectivity index (χ3v) is 5.41. The Morgan fingerprint density at radius 3 is 2.85 bits per heavy atom. The molecule has 0 N–H and O–H groups in total. The average Bonchev–Trinajstić information content (AvgIpc) is 3.27. The van der Waals surface area contributed by atoms with Crippen molar-refractivity contribution in [3.05, 3.63) is 77.2 Å². The average molecular weight is 363 g/mol. The topological polar surface area (TPSA) is 46.6 Å². The second-order valence-corrected chi connectivity index (χ2v) is 7.06. The lowest BCUT2D eigenvalue weighted by atomic mass is 10.1. The fourth-order valence-electron chi connectivity index (χ4n) is 3.16. The van der Waals surface area contributed by atoms with Gasteiger partial charge in [0, 0.05) is 10.8 Å². The van der Waals surface area contributed by atoms with Crippen molar-refractivity contribution < 1.29 is 14.3 Å². The third kappa shape index (κ3) is 3.26. The van der Waals surface area contributed by atoms with Crippen molar-refractivity contribution in [1.29, 1.82) is 0 Å². The van der Waals surface area contributed by atoms with E-state index in [0.29, 0.717) is 6.42 Å². The molecule has 3 aromatic rings. The minimum absolute atomic E-state index is 0.230. The zero-order chi connectivity index (χ0) is 17.9. The normalized spacial score (nSPS) is 17.2. The van der Waals surface area contributed by atoms with Crippen LogP contribution in [0.15, 0.2) is 66.1 Å². The van der Waals surface area contributed by atoms with Gasteiger partial charge < -0.3 is 4.74 Å². The molecule has 2 amide bonds. The van der Waals surface area contributed by atoms with Gasteiger partial charge >= 0.3 is 6.09 Å². The minimum Gasteiger partial charge on any atom is -0.447 e. The van der Waals surface area contributed by atoms with Crippen LogP contribution in [0.1, 0.15) is 11.1 Å². The maximum Gasteiger partial charge on any atom is 0.417 e. The number of thiophene rings is 1. The van der Waals surface area contributed by atoms with Gasteiger partial charge in [-0.2, -0.15) is 0 Å². The van der Waals surface area contributed by atoms with E-state index >= 15 is 0 Å². The molecule has 0 bridgehead atoms. The van der Waals surface area contributed by atoms with Gasteiger partial charge in [-0.1, -0.05) is 48.5 Å². The first-order valence-corrected chi connectivity index (χ1v) is 9.28. The minimum atomic E-state index is -0.574. The van der Waals surface area contributed by atoms with Crippen molar-refractivity contribution in [1.82, 2.24) is 4.90 Å². The Hall–Kier alpha value is -2.92. The Morgan fingerprint density at radius 2 is 2.00 bits per heavy atom. The molecule has 1 atom stereocenters. The van der Waals surface area contributed by atoms with E-state index < -0.39 is 6.09 Å². The van der Waals surface area contributed by atoms with Crippen LogP contribution in [0.2, 0.25) is 0 Å². The van der Waals surface area contributed by atoms with Gasteiger partial charge in [-0.05, 0) is 40.5 Å². The van der Waals surface area contributed by atoms with Gasteiger partial charge in [0.25, 0.3) is 5.91 Å². The predicted octanol–water partition coefficient (Wildman–Crippen LogP) is 4.50. The third-order valence-electron chi connectivity index (χ3n) is 4.43. The molecular formula is C21H17NO3S. The summed E-state index contributed by atoms with van der Waals surface area (Å²) in [6.45, 7) is 0.230. The highest BCUT2D eigenvalue weighted by molar-refractivity contribution is 7.17. The number of benzene rings is 2. The molecule has 0 unspecified atom stereocenters. The van der Waals surface area contributed by atoms with Crippen LogP contribution in [0.3, 0.4) is 0 Å². The quantitative estimate of drug-likeness (QED) is 0.641. The number of fused-ring (bicyclic) bond motifs is 1. The van der Waals surface area contributed by atoms with Crippen LogP contribution in [-0.4, -0.2) is 29.5 Å². The number of cyclic esters (lactones) is 1. The second-order valence-electron chi connectivity index (χ2n) is 6.15. The molecule has 4 rings (SSSR count). The standard InChI is InChI=1S/C21H17NO3S/c23-19(10-9-16-7-4-8-17-11-12-26-20(16)17)22-18(14-25-21(22)24)13-15-5-2-1-3-6-15/h1-12,18H,13-14H2/t18-/m1/s1. The summed E-state index contributed by atoms with van der Waals surface area (Å²) in [5.74, 6) is -0.345. The number of nitrogens with zero attached hydrogens (tertiary/aromatic N) is 1. The summed E-state index contributed by atoms with van der Waals surface area (Å²) >= 11 is 1.63. The number of carbonyl (C=O) groups is 2. The van der Waals surface area contributed by atoms with E-state index in [2.05, 4.69) is 0 Å². The van der Waals surface area contributed by atoms with Crippen LogP contribution in [0.25, 0.3) is 16.2 Å². The maximum absolute atomic E-state index is 12.6. The molecule has 0 saturated carbocycles. The zero-order valence-electron chi connectivity index (χ0n) is 14.0. The summed E-state index contributed by atoms with van der Waals surface area (Å²) in [5.41, 5.74) is 2.04. The molecule has 1 aliphatic rings. The summed E-state index contributed by atoms with van der Waals surface area (Å²) in [6, 6.07) is 17.5. The molecule has 1 aliphatic heterocycles. The van der Waals surface area contributed by atoms with Crippen molar-refractivity contribution in [3.63, 3.8) is 0 Å². The van der Waals surface area contributed by atoms with Crippen molar-refractivity contribution in [2.45, 2.75) is 12.5 Å². The van der Waals surface area contributed by atoms with Crippen LogP contribution < -0.4 is 0 Å². The van der Waals surface area contributed by atoms with Gasteiger partial charge in [0.2, 0.25) is 0 Å². The van der Waals surface area contributed by atoms with Gasteiger partial charge in [-0.25, -0.2) is 9.69 Å². The van der Waals surface area contributed by atoms with Crippen molar-refractivity contribution in [3.8, 4) is 0 Å². The largest absolute Gasteiger partial charge is 0.447 e. The van der Waals surface area contributed by atoms with E-state index in [9.17, 15) is 9.59 Å². The van der Waals surface area contributed by atoms with Crippen molar-refractivity contribution in [2.24, 2.45) is 0 Å². The fraction of sp³-hybridized carbons (Fsp3) is 0.143. The first-order valence-electron chi connectivity index (χ1n) is 8.40. The molecule has 1 fully saturated rings. The van der Waals surface area contributed by atoms with Crippen LogP contribution in [0.4, 0.5) is 4.79 Å². The molecule has 2 aromatic carbocycles. The summed E-state index contributed by atoms with van der Waals surface area (Å²) < 4.78 is 6.24. The van der Waals surface area contributed by atoms with E-state index in [4.69, 9.17) is 4.74 Å². The molecule has 5 heteroatoms. The van der Waals surface area contributed by atoms with E-state index in [1.807, 2.05) is 60.0 Å². The lowest BCUT2D eigenvalue weighted by molar-refractivity contribution is -0.124. The maximum atomic E-state index is 12.6. The van der Waals surface area contributed by atoms with E-state index in [0.717, 1.165) is 21.2 Å². The van der Waals surface area contributed by atoms with Gasteiger partial charge in [-0.3, -0.25) is 4.79 Å². The monoisotopic (exact) mass is 363 g/mol. The summed E-state index contributed by atoms with van der Waals surface area (Å²) in [5, 5.41) is 3.17.